The Hall–Kier alpha value is -1.06. The molecule has 2 aliphatic heterocycles. The summed E-state index contributed by atoms with van der Waals surface area (Å²) in [4.78, 5) is 28.3. The van der Waals surface area contributed by atoms with Crippen LogP contribution in [0.1, 0.15) is 46.5 Å². The standard InChI is InChI=1S/C15H26N2O2/c1-11-8-12(2)10-16(9-11)14(18)15(19)17-7-5-4-6-13(17)3/h11-13H,4-10H2,1-3H3. The Kier molecular flexibility index (Phi) is 4.48. The molecule has 0 aromatic carbocycles. The molecule has 108 valence electrons. The normalized spacial score (nSPS) is 32.3. The van der Waals surface area contributed by atoms with Gasteiger partial charge in [0.2, 0.25) is 0 Å². The monoisotopic (exact) mass is 266 g/mol. The summed E-state index contributed by atoms with van der Waals surface area (Å²) in [6.07, 6.45) is 4.36. The van der Waals surface area contributed by atoms with E-state index in [1.165, 1.54) is 0 Å². The summed E-state index contributed by atoms with van der Waals surface area (Å²) in [5.41, 5.74) is 0. The van der Waals surface area contributed by atoms with E-state index in [0.29, 0.717) is 11.8 Å². The number of likely N-dealkylation sites (tertiary alicyclic amines) is 2. The van der Waals surface area contributed by atoms with Crippen LogP contribution in [0.25, 0.3) is 0 Å². The largest absolute Gasteiger partial charge is 0.334 e. The van der Waals surface area contributed by atoms with E-state index in [2.05, 4.69) is 13.8 Å². The number of piperidine rings is 2. The van der Waals surface area contributed by atoms with Crippen LogP contribution < -0.4 is 0 Å². The maximum Gasteiger partial charge on any atom is 0.312 e. The fourth-order valence-corrected chi connectivity index (χ4v) is 3.49. The zero-order valence-electron chi connectivity index (χ0n) is 12.4. The molecule has 3 unspecified atom stereocenters. The molecule has 2 amide bonds. The second kappa shape index (κ2) is 5.93. The fraction of sp³-hybridized carbons (Fsp3) is 0.867. The van der Waals surface area contributed by atoms with E-state index < -0.39 is 0 Å². The van der Waals surface area contributed by atoms with Crippen molar-refractivity contribution in [1.29, 1.82) is 0 Å². The molecule has 2 saturated heterocycles. The van der Waals surface area contributed by atoms with Crippen LogP contribution in [-0.2, 0) is 9.59 Å². The van der Waals surface area contributed by atoms with Gasteiger partial charge in [-0.05, 0) is 44.4 Å². The number of amides is 2. The van der Waals surface area contributed by atoms with Crippen molar-refractivity contribution in [3.05, 3.63) is 0 Å². The van der Waals surface area contributed by atoms with Gasteiger partial charge in [-0.25, -0.2) is 0 Å². The van der Waals surface area contributed by atoms with Gasteiger partial charge in [-0.2, -0.15) is 0 Å². The first-order valence-corrected chi connectivity index (χ1v) is 7.59. The second-order valence-electron chi connectivity index (χ2n) is 6.50. The van der Waals surface area contributed by atoms with E-state index in [1.807, 2.05) is 6.92 Å². The Morgan fingerprint density at radius 3 is 2.16 bits per heavy atom. The van der Waals surface area contributed by atoms with Crippen LogP contribution in [-0.4, -0.2) is 47.3 Å². The summed E-state index contributed by atoms with van der Waals surface area (Å²) in [5.74, 6) is 0.430. The van der Waals surface area contributed by atoms with Crippen molar-refractivity contribution in [2.45, 2.75) is 52.5 Å². The van der Waals surface area contributed by atoms with E-state index in [9.17, 15) is 9.59 Å². The van der Waals surface area contributed by atoms with Gasteiger partial charge in [0.15, 0.2) is 0 Å². The molecule has 19 heavy (non-hydrogen) atoms. The zero-order chi connectivity index (χ0) is 14.0. The molecule has 0 spiro atoms. The highest BCUT2D eigenvalue weighted by molar-refractivity contribution is 6.35. The predicted molar refractivity (Wildman–Crippen MR) is 74.6 cm³/mol. The third kappa shape index (κ3) is 3.28. The molecule has 0 bridgehead atoms. The second-order valence-corrected chi connectivity index (χ2v) is 6.50. The van der Waals surface area contributed by atoms with Gasteiger partial charge < -0.3 is 9.80 Å². The van der Waals surface area contributed by atoms with Gasteiger partial charge in [-0.1, -0.05) is 13.8 Å². The van der Waals surface area contributed by atoms with E-state index >= 15 is 0 Å². The number of carbonyl (C=O) groups is 2. The van der Waals surface area contributed by atoms with Crippen molar-refractivity contribution < 1.29 is 9.59 Å². The van der Waals surface area contributed by atoms with Gasteiger partial charge in [0.05, 0.1) is 0 Å². The minimum atomic E-state index is -0.285. The summed E-state index contributed by atoms with van der Waals surface area (Å²) in [7, 11) is 0. The molecule has 4 nitrogen and oxygen atoms in total. The molecule has 3 atom stereocenters. The molecule has 0 N–H and O–H groups in total. The van der Waals surface area contributed by atoms with Crippen molar-refractivity contribution in [3.8, 4) is 0 Å². The van der Waals surface area contributed by atoms with Crippen molar-refractivity contribution in [1.82, 2.24) is 9.80 Å². The number of hydrogen-bond donors (Lipinski definition) is 0. The molecule has 2 heterocycles. The van der Waals surface area contributed by atoms with Gasteiger partial charge in [0, 0.05) is 25.7 Å². The summed E-state index contributed by atoms with van der Waals surface area (Å²) in [6, 6.07) is 0.213. The van der Waals surface area contributed by atoms with E-state index in [4.69, 9.17) is 0 Å². The van der Waals surface area contributed by atoms with Crippen molar-refractivity contribution in [3.63, 3.8) is 0 Å². The van der Waals surface area contributed by atoms with E-state index in [-0.39, 0.29) is 17.9 Å². The van der Waals surface area contributed by atoms with Gasteiger partial charge >= 0.3 is 11.8 Å². The lowest BCUT2D eigenvalue weighted by Crippen LogP contribution is -2.53. The highest BCUT2D eigenvalue weighted by atomic mass is 16.2. The van der Waals surface area contributed by atoms with Crippen LogP contribution >= 0.6 is 0 Å². The average molecular weight is 266 g/mol. The van der Waals surface area contributed by atoms with Crippen LogP contribution in [0.15, 0.2) is 0 Å². The predicted octanol–water partition coefficient (Wildman–Crippen LogP) is 1.89. The van der Waals surface area contributed by atoms with Crippen molar-refractivity contribution >= 4 is 11.8 Å². The third-order valence-corrected chi connectivity index (χ3v) is 4.40. The Bertz CT molecular complexity index is 346. The third-order valence-electron chi connectivity index (χ3n) is 4.40. The molecule has 2 aliphatic rings. The number of hydrogen-bond acceptors (Lipinski definition) is 2. The van der Waals surface area contributed by atoms with Crippen LogP contribution in [0.4, 0.5) is 0 Å². The SMILES string of the molecule is CC1CC(C)CN(C(=O)C(=O)N2CCCCC2C)C1. The van der Waals surface area contributed by atoms with Crippen molar-refractivity contribution in [2.75, 3.05) is 19.6 Å². The summed E-state index contributed by atoms with van der Waals surface area (Å²) in [5, 5.41) is 0. The highest BCUT2D eigenvalue weighted by Gasteiger charge is 2.34. The van der Waals surface area contributed by atoms with Crippen LogP contribution in [0.2, 0.25) is 0 Å². The minimum Gasteiger partial charge on any atom is -0.334 e. The van der Waals surface area contributed by atoms with E-state index in [1.54, 1.807) is 9.80 Å². The molecular weight excluding hydrogens is 240 g/mol. The fourth-order valence-electron chi connectivity index (χ4n) is 3.49. The molecular formula is C15H26N2O2. The Balaban J connectivity index is 2.00. The Morgan fingerprint density at radius 1 is 0.947 bits per heavy atom. The lowest BCUT2D eigenvalue weighted by atomic mass is 9.92. The first kappa shape index (κ1) is 14.4. The first-order chi connectivity index (χ1) is 8.99. The molecule has 2 fully saturated rings. The smallest absolute Gasteiger partial charge is 0.312 e. The lowest BCUT2D eigenvalue weighted by Gasteiger charge is -2.38. The van der Waals surface area contributed by atoms with Crippen LogP contribution in [0.5, 0.6) is 0 Å². The van der Waals surface area contributed by atoms with Gasteiger partial charge in [-0.15, -0.1) is 0 Å². The first-order valence-electron chi connectivity index (χ1n) is 7.59. The molecule has 4 heteroatoms. The Labute approximate surface area is 116 Å². The summed E-state index contributed by atoms with van der Waals surface area (Å²) < 4.78 is 0. The Morgan fingerprint density at radius 2 is 1.58 bits per heavy atom. The summed E-state index contributed by atoms with van der Waals surface area (Å²) >= 11 is 0. The highest BCUT2D eigenvalue weighted by Crippen LogP contribution is 2.22. The number of nitrogens with zero attached hydrogens (tertiary/aromatic N) is 2. The molecule has 0 saturated carbocycles. The van der Waals surface area contributed by atoms with Gasteiger partial charge in [0.1, 0.15) is 0 Å². The molecule has 0 aromatic rings. The molecule has 2 rings (SSSR count). The van der Waals surface area contributed by atoms with E-state index in [0.717, 1.165) is 45.3 Å². The molecule has 0 aromatic heterocycles. The molecule has 0 radical (unpaired) electrons. The lowest BCUT2D eigenvalue weighted by molar-refractivity contribution is -0.155. The number of carbonyl (C=O) groups excluding carboxylic acids is 2. The quantitative estimate of drug-likeness (QED) is 0.628. The van der Waals surface area contributed by atoms with Gasteiger partial charge in [0.25, 0.3) is 0 Å². The average Bonchev–Trinajstić information content (AvgIpc) is 2.36. The van der Waals surface area contributed by atoms with Crippen LogP contribution in [0, 0.1) is 11.8 Å². The molecule has 0 aliphatic carbocycles. The van der Waals surface area contributed by atoms with Crippen LogP contribution in [0.3, 0.4) is 0 Å². The zero-order valence-corrected chi connectivity index (χ0v) is 12.4. The number of rotatable bonds is 0. The maximum absolute atomic E-state index is 12.4. The minimum absolute atomic E-state index is 0.213. The van der Waals surface area contributed by atoms with Gasteiger partial charge in [-0.3, -0.25) is 9.59 Å². The van der Waals surface area contributed by atoms with Crippen molar-refractivity contribution in [2.24, 2.45) is 11.8 Å². The summed E-state index contributed by atoms with van der Waals surface area (Å²) in [6.45, 7) is 8.57. The topological polar surface area (TPSA) is 40.6 Å². The maximum atomic E-state index is 12.4.